The van der Waals surface area contributed by atoms with E-state index >= 15 is 0 Å². The zero-order valence-electron chi connectivity index (χ0n) is 11.0. The van der Waals surface area contributed by atoms with Crippen LogP contribution in [0.15, 0.2) is 30.6 Å². The minimum atomic E-state index is -0.112. The number of nitrogens with zero attached hydrogens (tertiary/aromatic N) is 2. The lowest BCUT2D eigenvalue weighted by atomic mass is 10.0. The fourth-order valence-electron chi connectivity index (χ4n) is 2.83. The van der Waals surface area contributed by atoms with Crippen molar-refractivity contribution in [3.63, 3.8) is 0 Å². The van der Waals surface area contributed by atoms with Gasteiger partial charge in [-0.2, -0.15) is 5.10 Å². The SMILES string of the molecule is NC(=S)C1CCCC1NC(=O)c1cnn2ccccc12. The first-order valence-corrected chi connectivity index (χ1v) is 7.10. The monoisotopic (exact) mass is 288 g/mol. The van der Waals surface area contributed by atoms with Gasteiger partial charge in [-0.05, 0) is 25.0 Å². The Kier molecular flexibility index (Phi) is 3.40. The standard InChI is InChI=1S/C14H16N4OS/c15-13(20)9-4-3-5-11(9)17-14(19)10-8-16-18-7-2-1-6-12(10)18/h1-2,6-9,11H,3-5H2,(H2,15,20)(H,17,19). The number of hydrogen-bond donors (Lipinski definition) is 2. The molecule has 20 heavy (non-hydrogen) atoms. The third-order valence-corrected chi connectivity index (χ3v) is 4.17. The number of carbonyl (C=O) groups excluding carboxylic acids is 1. The number of nitrogens with two attached hydrogens (primary N) is 1. The maximum atomic E-state index is 12.4. The molecule has 2 heterocycles. The van der Waals surface area contributed by atoms with Gasteiger partial charge in [0.1, 0.15) is 0 Å². The minimum Gasteiger partial charge on any atom is -0.393 e. The summed E-state index contributed by atoms with van der Waals surface area (Å²) in [5.41, 5.74) is 7.12. The molecule has 1 saturated carbocycles. The predicted molar refractivity (Wildman–Crippen MR) is 80.6 cm³/mol. The highest BCUT2D eigenvalue weighted by Gasteiger charge is 2.31. The van der Waals surface area contributed by atoms with Gasteiger partial charge in [0, 0.05) is 18.2 Å². The Labute approximate surface area is 122 Å². The molecule has 0 spiro atoms. The molecule has 3 N–H and O–H groups in total. The van der Waals surface area contributed by atoms with Crippen LogP contribution in [0.25, 0.3) is 5.52 Å². The van der Waals surface area contributed by atoms with Crippen LogP contribution in [0, 0.1) is 5.92 Å². The third-order valence-electron chi connectivity index (χ3n) is 3.87. The highest BCUT2D eigenvalue weighted by atomic mass is 32.1. The molecule has 1 aliphatic rings. The molecule has 1 amide bonds. The molecule has 1 fully saturated rings. The van der Waals surface area contributed by atoms with Crippen LogP contribution in [0.3, 0.4) is 0 Å². The Morgan fingerprint density at radius 2 is 2.30 bits per heavy atom. The zero-order chi connectivity index (χ0) is 14.1. The third kappa shape index (κ3) is 2.27. The van der Waals surface area contributed by atoms with Gasteiger partial charge in [0.05, 0.1) is 22.3 Å². The molecular weight excluding hydrogens is 272 g/mol. The maximum Gasteiger partial charge on any atom is 0.255 e. The van der Waals surface area contributed by atoms with E-state index in [1.807, 2.05) is 24.4 Å². The maximum absolute atomic E-state index is 12.4. The number of thiocarbonyl (C=S) groups is 1. The van der Waals surface area contributed by atoms with Crippen molar-refractivity contribution < 1.29 is 4.79 Å². The van der Waals surface area contributed by atoms with E-state index in [0.29, 0.717) is 10.6 Å². The van der Waals surface area contributed by atoms with E-state index in [1.165, 1.54) is 0 Å². The number of carbonyl (C=O) groups is 1. The van der Waals surface area contributed by atoms with Crippen LogP contribution in [0.5, 0.6) is 0 Å². The normalized spacial score (nSPS) is 22.0. The van der Waals surface area contributed by atoms with Crippen molar-refractivity contribution in [2.24, 2.45) is 11.7 Å². The highest BCUT2D eigenvalue weighted by molar-refractivity contribution is 7.80. The van der Waals surface area contributed by atoms with Gasteiger partial charge < -0.3 is 11.1 Å². The molecule has 5 nitrogen and oxygen atoms in total. The number of pyridine rings is 1. The summed E-state index contributed by atoms with van der Waals surface area (Å²) in [7, 11) is 0. The number of aromatic nitrogens is 2. The molecular formula is C14H16N4OS. The lowest BCUT2D eigenvalue weighted by Crippen LogP contribution is -2.41. The van der Waals surface area contributed by atoms with E-state index in [1.54, 1.807) is 10.7 Å². The second-order valence-corrected chi connectivity index (χ2v) is 5.58. The first kappa shape index (κ1) is 13.1. The average molecular weight is 288 g/mol. The second-order valence-electron chi connectivity index (χ2n) is 5.11. The second kappa shape index (κ2) is 5.20. The van der Waals surface area contributed by atoms with E-state index in [-0.39, 0.29) is 17.9 Å². The Bertz CT molecular complexity index is 666. The van der Waals surface area contributed by atoms with Crippen molar-refractivity contribution in [3.8, 4) is 0 Å². The summed E-state index contributed by atoms with van der Waals surface area (Å²) in [6, 6.07) is 5.68. The van der Waals surface area contributed by atoms with E-state index in [4.69, 9.17) is 18.0 Å². The molecule has 2 aromatic heterocycles. The molecule has 1 aliphatic carbocycles. The largest absolute Gasteiger partial charge is 0.393 e. The van der Waals surface area contributed by atoms with Crippen LogP contribution in [-0.2, 0) is 0 Å². The number of hydrogen-bond acceptors (Lipinski definition) is 3. The van der Waals surface area contributed by atoms with Crippen LogP contribution < -0.4 is 11.1 Å². The van der Waals surface area contributed by atoms with Crippen LogP contribution in [0.4, 0.5) is 0 Å². The van der Waals surface area contributed by atoms with Crippen molar-refractivity contribution in [2.45, 2.75) is 25.3 Å². The van der Waals surface area contributed by atoms with Gasteiger partial charge in [0.15, 0.2) is 0 Å². The van der Waals surface area contributed by atoms with Crippen molar-refractivity contribution >= 4 is 28.6 Å². The van der Waals surface area contributed by atoms with Gasteiger partial charge >= 0.3 is 0 Å². The minimum absolute atomic E-state index is 0.0404. The number of rotatable bonds is 3. The molecule has 3 rings (SSSR count). The van der Waals surface area contributed by atoms with Gasteiger partial charge in [0.2, 0.25) is 0 Å². The molecule has 2 atom stereocenters. The summed E-state index contributed by atoms with van der Waals surface area (Å²) in [6.07, 6.45) is 6.33. The smallest absolute Gasteiger partial charge is 0.255 e. The summed E-state index contributed by atoms with van der Waals surface area (Å²) >= 11 is 5.07. The van der Waals surface area contributed by atoms with E-state index in [0.717, 1.165) is 24.8 Å². The summed E-state index contributed by atoms with van der Waals surface area (Å²) in [4.78, 5) is 12.9. The van der Waals surface area contributed by atoms with E-state index < -0.39 is 0 Å². The number of nitrogens with one attached hydrogen (secondary N) is 1. The fraction of sp³-hybridized carbons (Fsp3) is 0.357. The van der Waals surface area contributed by atoms with Crippen LogP contribution in [0.1, 0.15) is 29.6 Å². The van der Waals surface area contributed by atoms with Crippen molar-refractivity contribution in [3.05, 3.63) is 36.2 Å². The van der Waals surface area contributed by atoms with Gasteiger partial charge in [-0.3, -0.25) is 4.79 Å². The average Bonchev–Trinajstić information content (AvgIpc) is 3.04. The van der Waals surface area contributed by atoms with E-state index in [9.17, 15) is 4.79 Å². The summed E-state index contributed by atoms with van der Waals surface area (Å²) in [5, 5.41) is 7.22. The van der Waals surface area contributed by atoms with Crippen molar-refractivity contribution in [1.29, 1.82) is 0 Å². The summed E-state index contributed by atoms with van der Waals surface area (Å²) in [5.74, 6) is -0.00450. The first-order valence-electron chi connectivity index (χ1n) is 6.69. The Morgan fingerprint density at radius 3 is 3.10 bits per heavy atom. The number of fused-ring (bicyclic) bond motifs is 1. The van der Waals surface area contributed by atoms with Gasteiger partial charge in [-0.1, -0.05) is 24.7 Å². The Morgan fingerprint density at radius 1 is 1.45 bits per heavy atom. The van der Waals surface area contributed by atoms with Gasteiger partial charge in [0.25, 0.3) is 5.91 Å². The summed E-state index contributed by atoms with van der Waals surface area (Å²) < 4.78 is 1.69. The molecule has 0 aromatic carbocycles. The predicted octanol–water partition coefficient (Wildman–Crippen LogP) is 1.52. The van der Waals surface area contributed by atoms with Crippen LogP contribution in [0.2, 0.25) is 0 Å². The van der Waals surface area contributed by atoms with Gasteiger partial charge in [-0.15, -0.1) is 0 Å². The van der Waals surface area contributed by atoms with Crippen LogP contribution >= 0.6 is 12.2 Å². The zero-order valence-corrected chi connectivity index (χ0v) is 11.8. The molecule has 0 aliphatic heterocycles. The Hall–Kier alpha value is -1.95. The molecule has 104 valence electrons. The Balaban J connectivity index is 1.81. The number of amides is 1. The lowest BCUT2D eigenvalue weighted by molar-refractivity contribution is 0.0935. The van der Waals surface area contributed by atoms with Crippen molar-refractivity contribution in [2.75, 3.05) is 0 Å². The quantitative estimate of drug-likeness (QED) is 0.840. The van der Waals surface area contributed by atoms with E-state index in [2.05, 4.69) is 10.4 Å². The molecule has 2 unspecified atom stereocenters. The van der Waals surface area contributed by atoms with Crippen molar-refractivity contribution in [1.82, 2.24) is 14.9 Å². The molecule has 2 aromatic rings. The molecule has 0 saturated heterocycles. The fourth-order valence-corrected chi connectivity index (χ4v) is 3.11. The molecule has 0 radical (unpaired) electrons. The first-order chi connectivity index (χ1) is 9.66. The molecule has 0 bridgehead atoms. The highest BCUT2D eigenvalue weighted by Crippen LogP contribution is 2.26. The van der Waals surface area contributed by atoms with Crippen LogP contribution in [-0.4, -0.2) is 26.6 Å². The topological polar surface area (TPSA) is 72.4 Å². The van der Waals surface area contributed by atoms with Gasteiger partial charge in [-0.25, -0.2) is 4.52 Å². The summed E-state index contributed by atoms with van der Waals surface area (Å²) in [6.45, 7) is 0. The lowest BCUT2D eigenvalue weighted by Gasteiger charge is -2.19. The molecule has 6 heteroatoms.